The quantitative estimate of drug-likeness (QED) is 0.600. The molecule has 0 aliphatic carbocycles. The van der Waals surface area contributed by atoms with Gasteiger partial charge in [0.05, 0.1) is 18.1 Å². The average Bonchev–Trinajstić information content (AvgIpc) is 3.33. The molecule has 4 aromatic rings. The predicted molar refractivity (Wildman–Crippen MR) is 105 cm³/mol. The van der Waals surface area contributed by atoms with E-state index in [0.29, 0.717) is 18.8 Å². The third kappa shape index (κ3) is 2.76. The van der Waals surface area contributed by atoms with E-state index in [4.69, 9.17) is 0 Å². The van der Waals surface area contributed by atoms with E-state index in [0.717, 1.165) is 29.0 Å². The van der Waals surface area contributed by atoms with Gasteiger partial charge in [0.15, 0.2) is 11.5 Å². The number of fused-ring (bicyclic) bond motifs is 2. The third-order valence-corrected chi connectivity index (χ3v) is 5.26. The van der Waals surface area contributed by atoms with Crippen LogP contribution in [0.2, 0.25) is 0 Å². The lowest BCUT2D eigenvalue weighted by Crippen LogP contribution is -2.41. The summed E-state index contributed by atoms with van der Waals surface area (Å²) in [5, 5.41) is 16.8. The Labute approximate surface area is 162 Å². The number of carbonyl (C=O) groups is 1. The van der Waals surface area contributed by atoms with Crippen molar-refractivity contribution in [3.63, 3.8) is 0 Å². The second kappa shape index (κ2) is 6.60. The Morgan fingerprint density at radius 3 is 2.75 bits per heavy atom. The van der Waals surface area contributed by atoms with Gasteiger partial charge < -0.3 is 9.47 Å². The maximum absolute atomic E-state index is 13.1. The number of H-pyrrole nitrogens is 1. The Morgan fingerprint density at radius 1 is 1.11 bits per heavy atom. The minimum atomic E-state index is -0.0804. The van der Waals surface area contributed by atoms with Crippen molar-refractivity contribution < 1.29 is 4.79 Å². The van der Waals surface area contributed by atoms with E-state index in [-0.39, 0.29) is 11.9 Å². The fraction of sp³-hybridized carbons (Fsp3) is 0.238. The van der Waals surface area contributed by atoms with Crippen LogP contribution < -0.4 is 0 Å². The largest absolute Gasteiger partial charge is 0.328 e. The summed E-state index contributed by atoms with van der Waals surface area (Å²) in [7, 11) is 0. The minimum absolute atomic E-state index is 0.0804. The van der Waals surface area contributed by atoms with Crippen molar-refractivity contribution in [2.24, 2.45) is 0 Å². The van der Waals surface area contributed by atoms with E-state index < -0.39 is 0 Å². The van der Waals surface area contributed by atoms with Gasteiger partial charge >= 0.3 is 0 Å². The molecule has 1 aliphatic heterocycles. The smallest absolute Gasteiger partial charge is 0.275 e. The van der Waals surface area contributed by atoms with Gasteiger partial charge in [-0.05, 0) is 18.6 Å². The second-order valence-electron chi connectivity index (χ2n) is 7.22. The molecular weight excluding hydrogens is 352 g/mol. The van der Waals surface area contributed by atoms with Crippen molar-refractivity contribution in [3.8, 4) is 0 Å². The Kier molecular flexibility index (Phi) is 3.93. The maximum atomic E-state index is 13.1. The number of aromatic amines is 1. The molecule has 7 heteroatoms. The van der Waals surface area contributed by atoms with Gasteiger partial charge in [0.1, 0.15) is 5.82 Å². The fourth-order valence-corrected chi connectivity index (χ4v) is 3.94. The number of para-hydroxylation sites is 1. The van der Waals surface area contributed by atoms with Crippen LogP contribution in [0.25, 0.3) is 10.9 Å². The molecule has 3 heterocycles. The average molecular weight is 372 g/mol. The minimum Gasteiger partial charge on any atom is -0.328 e. The molecule has 1 N–H and O–H groups in total. The molecule has 28 heavy (non-hydrogen) atoms. The number of carbonyl (C=O) groups excluding carboxylic acids is 1. The molecular formula is C21H20N6O. The van der Waals surface area contributed by atoms with Gasteiger partial charge in [-0.25, -0.2) is 0 Å². The van der Waals surface area contributed by atoms with Crippen LogP contribution in [-0.2, 0) is 13.0 Å². The summed E-state index contributed by atoms with van der Waals surface area (Å²) in [6, 6.07) is 18.0. The van der Waals surface area contributed by atoms with Crippen LogP contribution in [0.1, 0.15) is 40.7 Å². The third-order valence-electron chi connectivity index (χ3n) is 5.26. The molecule has 0 spiro atoms. The first kappa shape index (κ1) is 16.7. The van der Waals surface area contributed by atoms with Crippen LogP contribution in [0.5, 0.6) is 0 Å². The molecule has 0 radical (unpaired) electrons. The first-order valence-electron chi connectivity index (χ1n) is 9.39. The van der Waals surface area contributed by atoms with E-state index >= 15 is 0 Å². The molecule has 0 saturated carbocycles. The van der Waals surface area contributed by atoms with E-state index in [2.05, 4.69) is 44.0 Å². The molecule has 1 atom stereocenters. The highest BCUT2D eigenvalue weighted by Gasteiger charge is 2.31. The van der Waals surface area contributed by atoms with Crippen molar-refractivity contribution in [2.75, 3.05) is 6.54 Å². The first-order chi connectivity index (χ1) is 13.7. The van der Waals surface area contributed by atoms with Crippen molar-refractivity contribution in [3.05, 3.63) is 77.5 Å². The lowest BCUT2D eigenvalue weighted by molar-refractivity contribution is 0.0675. The Morgan fingerprint density at radius 2 is 1.89 bits per heavy atom. The number of aromatic nitrogens is 5. The molecule has 2 aromatic heterocycles. The van der Waals surface area contributed by atoms with Crippen LogP contribution in [-0.4, -0.2) is 42.3 Å². The van der Waals surface area contributed by atoms with Crippen molar-refractivity contribution in [2.45, 2.75) is 25.9 Å². The topological polar surface area (TPSA) is 79.7 Å². The van der Waals surface area contributed by atoms with E-state index in [1.807, 2.05) is 47.4 Å². The lowest BCUT2D eigenvalue weighted by Gasteiger charge is -2.32. The van der Waals surface area contributed by atoms with Crippen LogP contribution in [0, 0.1) is 0 Å². The van der Waals surface area contributed by atoms with Crippen LogP contribution in [0.3, 0.4) is 0 Å². The SMILES string of the molecule is C[C@H]1CN(C(=O)c2n[nH]c3ccccc23)Cc2nnc(Cc3ccccc3)n21. The van der Waals surface area contributed by atoms with E-state index in [1.165, 1.54) is 5.56 Å². The number of hydrogen-bond acceptors (Lipinski definition) is 4. The normalized spacial score (nSPS) is 16.3. The zero-order valence-electron chi connectivity index (χ0n) is 15.5. The Bertz CT molecular complexity index is 1150. The van der Waals surface area contributed by atoms with E-state index in [1.54, 1.807) is 0 Å². The fourth-order valence-electron chi connectivity index (χ4n) is 3.94. The number of nitrogens with zero attached hydrogens (tertiary/aromatic N) is 5. The van der Waals surface area contributed by atoms with Gasteiger partial charge in [-0.2, -0.15) is 5.10 Å². The summed E-state index contributed by atoms with van der Waals surface area (Å²) in [5.41, 5.74) is 2.52. The van der Waals surface area contributed by atoms with Gasteiger partial charge in [0.25, 0.3) is 5.91 Å². The predicted octanol–water partition coefficient (Wildman–Crippen LogP) is 2.96. The highest BCUT2D eigenvalue weighted by molar-refractivity contribution is 6.04. The molecule has 0 saturated heterocycles. The molecule has 0 bridgehead atoms. The van der Waals surface area contributed by atoms with Crippen LogP contribution in [0.15, 0.2) is 54.6 Å². The Hall–Kier alpha value is -3.48. The lowest BCUT2D eigenvalue weighted by atomic mass is 10.1. The number of nitrogens with one attached hydrogen (secondary N) is 1. The number of rotatable bonds is 3. The van der Waals surface area contributed by atoms with E-state index in [9.17, 15) is 4.79 Å². The van der Waals surface area contributed by atoms with Gasteiger partial charge in [-0.3, -0.25) is 9.89 Å². The monoisotopic (exact) mass is 372 g/mol. The highest BCUT2D eigenvalue weighted by atomic mass is 16.2. The standard InChI is InChI=1S/C21H20N6O/c1-14-12-26(21(28)20-16-9-5-6-10-17(16)22-25-20)13-19-24-23-18(27(14)19)11-15-7-3-2-4-8-15/h2-10,14H,11-13H2,1H3,(H,22,25)/t14-/m0/s1. The first-order valence-corrected chi connectivity index (χ1v) is 9.39. The second-order valence-corrected chi connectivity index (χ2v) is 7.22. The Balaban J connectivity index is 1.42. The van der Waals surface area contributed by atoms with Crippen molar-refractivity contribution in [1.82, 2.24) is 29.9 Å². The highest BCUT2D eigenvalue weighted by Crippen LogP contribution is 2.25. The maximum Gasteiger partial charge on any atom is 0.275 e. The van der Waals surface area contributed by atoms with Crippen LogP contribution in [0.4, 0.5) is 0 Å². The molecule has 2 aromatic carbocycles. The van der Waals surface area contributed by atoms with Crippen molar-refractivity contribution in [1.29, 1.82) is 0 Å². The molecule has 140 valence electrons. The summed E-state index contributed by atoms with van der Waals surface area (Å²) in [6.07, 6.45) is 0.732. The summed E-state index contributed by atoms with van der Waals surface area (Å²) < 4.78 is 2.17. The molecule has 7 nitrogen and oxygen atoms in total. The number of amides is 1. The summed E-state index contributed by atoms with van der Waals surface area (Å²) in [4.78, 5) is 14.9. The van der Waals surface area contributed by atoms with Gasteiger partial charge in [-0.15, -0.1) is 10.2 Å². The number of benzene rings is 2. The molecule has 0 unspecified atom stereocenters. The van der Waals surface area contributed by atoms with Gasteiger partial charge in [0.2, 0.25) is 0 Å². The number of hydrogen-bond donors (Lipinski definition) is 1. The van der Waals surface area contributed by atoms with Crippen LogP contribution >= 0.6 is 0 Å². The molecule has 1 aliphatic rings. The van der Waals surface area contributed by atoms with Gasteiger partial charge in [-0.1, -0.05) is 48.5 Å². The summed E-state index contributed by atoms with van der Waals surface area (Å²) in [6.45, 7) is 3.14. The van der Waals surface area contributed by atoms with Crippen molar-refractivity contribution >= 4 is 16.8 Å². The molecule has 0 fully saturated rings. The molecule has 1 amide bonds. The molecule has 5 rings (SSSR count). The summed E-state index contributed by atoms with van der Waals surface area (Å²) >= 11 is 0. The zero-order chi connectivity index (χ0) is 19.1. The summed E-state index contributed by atoms with van der Waals surface area (Å²) in [5.74, 6) is 1.67. The van der Waals surface area contributed by atoms with Gasteiger partial charge in [0, 0.05) is 18.4 Å². The zero-order valence-corrected chi connectivity index (χ0v) is 15.5.